The lowest BCUT2D eigenvalue weighted by Gasteiger charge is -2.41. The predicted molar refractivity (Wildman–Crippen MR) is 83.2 cm³/mol. The van der Waals surface area contributed by atoms with E-state index in [9.17, 15) is 9.59 Å². The van der Waals surface area contributed by atoms with E-state index in [0.29, 0.717) is 18.4 Å². The molecule has 5 heteroatoms. The first-order valence-corrected chi connectivity index (χ1v) is 8.02. The van der Waals surface area contributed by atoms with Crippen LogP contribution in [0.15, 0.2) is 0 Å². The Morgan fingerprint density at radius 2 is 1.86 bits per heavy atom. The monoisotopic (exact) mass is 298 g/mol. The van der Waals surface area contributed by atoms with E-state index in [4.69, 9.17) is 5.11 Å². The van der Waals surface area contributed by atoms with Crippen molar-refractivity contribution in [2.75, 3.05) is 13.1 Å². The van der Waals surface area contributed by atoms with Gasteiger partial charge in [0.2, 0.25) is 0 Å². The van der Waals surface area contributed by atoms with Gasteiger partial charge in [0.1, 0.15) is 0 Å². The lowest BCUT2D eigenvalue weighted by molar-refractivity contribution is -0.137. The van der Waals surface area contributed by atoms with Crippen molar-refractivity contribution in [1.82, 2.24) is 10.6 Å². The molecule has 3 N–H and O–H groups in total. The zero-order valence-electron chi connectivity index (χ0n) is 13.6. The van der Waals surface area contributed by atoms with Crippen LogP contribution in [0.2, 0.25) is 0 Å². The second kappa shape index (κ2) is 7.66. The van der Waals surface area contributed by atoms with E-state index in [1.807, 2.05) is 13.8 Å². The Morgan fingerprint density at radius 3 is 2.33 bits per heavy atom. The highest BCUT2D eigenvalue weighted by Crippen LogP contribution is 2.42. The second-order valence-corrected chi connectivity index (χ2v) is 7.12. The molecule has 5 nitrogen and oxygen atoms in total. The van der Waals surface area contributed by atoms with Crippen LogP contribution in [0.3, 0.4) is 0 Å². The van der Waals surface area contributed by atoms with E-state index in [-0.39, 0.29) is 17.9 Å². The average Bonchev–Trinajstić information content (AvgIpc) is 2.35. The molecule has 0 aromatic rings. The molecule has 122 valence electrons. The van der Waals surface area contributed by atoms with Gasteiger partial charge in [0, 0.05) is 19.5 Å². The Morgan fingerprint density at radius 1 is 1.19 bits per heavy atom. The zero-order chi connectivity index (χ0) is 15.9. The first kappa shape index (κ1) is 17.8. The minimum Gasteiger partial charge on any atom is -0.481 e. The standard InChI is InChI=1S/C16H30N2O3/c1-4-16(7-5-8-16)12-18-14(21)17-11-10-15(2,3)9-6-13(19)20/h4-12H2,1-3H3,(H,19,20)(H2,17,18,21). The molecule has 0 radical (unpaired) electrons. The third-order valence-corrected chi connectivity index (χ3v) is 4.89. The third kappa shape index (κ3) is 6.36. The van der Waals surface area contributed by atoms with Crippen molar-refractivity contribution in [3.05, 3.63) is 0 Å². The molecule has 1 aliphatic rings. The summed E-state index contributed by atoms with van der Waals surface area (Å²) in [4.78, 5) is 22.4. The molecule has 0 heterocycles. The van der Waals surface area contributed by atoms with Gasteiger partial charge in [-0.2, -0.15) is 0 Å². The summed E-state index contributed by atoms with van der Waals surface area (Å²) in [7, 11) is 0. The number of carboxylic acids is 1. The molecule has 1 rings (SSSR count). The topological polar surface area (TPSA) is 78.4 Å². The van der Waals surface area contributed by atoms with Crippen molar-refractivity contribution in [2.45, 2.75) is 65.7 Å². The fourth-order valence-electron chi connectivity index (χ4n) is 2.75. The summed E-state index contributed by atoms with van der Waals surface area (Å²) in [6.45, 7) is 7.60. The highest BCUT2D eigenvalue weighted by atomic mass is 16.4. The van der Waals surface area contributed by atoms with Crippen LogP contribution in [0.1, 0.15) is 65.7 Å². The minimum atomic E-state index is -0.765. The van der Waals surface area contributed by atoms with Gasteiger partial charge in [-0.05, 0) is 42.9 Å². The molecular formula is C16H30N2O3. The number of nitrogens with one attached hydrogen (secondary N) is 2. The highest BCUT2D eigenvalue weighted by Gasteiger charge is 2.35. The van der Waals surface area contributed by atoms with E-state index in [2.05, 4.69) is 17.6 Å². The maximum Gasteiger partial charge on any atom is 0.314 e. The number of carboxylic acid groups (broad SMARTS) is 1. The quantitative estimate of drug-likeness (QED) is 0.612. The molecular weight excluding hydrogens is 268 g/mol. The summed E-state index contributed by atoms with van der Waals surface area (Å²) >= 11 is 0. The number of hydrogen-bond acceptors (Lipinski definition) is 2. The largest absolute Gasteiger partial charge is 0.481 e. The van der Waals surface area contributed by atoms with Crippen molar-refractivity contribution < 1.29 is 14.7 Å². The Bertz CT molecular complexity index is 357. The maximum atomic E-state index is 11.8. The summed E-state index contributed by atoms with van der Waals surface area (Å²) in [5.41, 5.74) is 0.266. The predicted octanol–water partition coefficient (Wildman–Crippen LogP) is 3.15. The first-order valence-electron chi connectivity index (χ1n) is 8.02. The lowest BCUT2D eigenvalue weighted by atomic mass is 9.67. The average molecular weight is 298 g/mol. The summed E-state index contributed by atoms with van der Waals surface area (Å²) in [6.07, 6.45) is 6.41. The van der Waals surface area contributed by atoms with Gasteiger partial charge in [-0.15, -0.1) is 0 Å². The Labute approximate surface area is 127 Å². The molecule has 2 amide bonds. The van der Waals surface area contributed by atoms with Gasteiger partial charge >= 0.3 is 12.0 Å². The molecule has 0 atom stereocenters. The molecule has 0 spiro atoms. The van der Waals surface area contributed by atoms with Crippen molar-refractivity contribution in [3.63, 3.8) is 0 Å². The molecule has 1 saturated carbocycles. The van der Waals surface area contributed by atoms with Gasteiger partial charge in [0.25, 0.3) is 0 Å². The molecule has 0 aromatic heterocycles. The van der Waals surface area contributed by atoms with E-state index >= 15 is 0 Å². The van der Waals surface area contributed by atoms with Gasteiger partial charge in [-0.1, -0.05) is 27.2 Å². The van der Waals surface area contributed by atoms with E-state index < -0.39 is 5.97 Å². The zero-order valence-corrected chi connectivity index (χ0v) is 13.6. The first-order chi connectivity index (χ1) is 9.79. The van der Waals surface area contributed by atoms with Crippen LogP contribution in [0.25, 0.3) is 0 Å². The van der Waals surface area contributed by atoms with Crippen LogP contribution in [0.5, 0.6) is 0 Å². The fraction of sp³-hybridized carbons (Fsp3) is 0.875. The molecule has 1 aliphatic carbocycles. The maximum absolute atomic E-state index is 11.8. The number of amides is 2. The Hall–Kier alpha value is -1.26. The molecule has 0 saturated heterocycles. The van der Waals surface area contributed by atoms with Crippen LogP contribution >= 0.6 is 0 Å². The molecule has 0 unspecified atom stereocenters. The van der Waals surface area contributed by atoms with Gasteiger partial charge in [0.05, 0.1) is 0 Å². The molecule has 0 aliphatic heterocycles. The fourth-order valence-corrected chi connectivity index (χ4v) is 2.75. The van der Waals surface area contributed by atoms with Gasteiger partial charge < -0.3 is 15.7 Å². The molecule has 0 aromatic carbocycles. The van der Waals surface area contributed by atoms with Crippen molar-refractivity contribution in [2.24, 2.45) is 10.8 Å². The Balaban J connectivity index is 2.16. The number of hydrogen-bond donors (Lipinski definition) is 3. The third-order valence-electron chi connectivity index (χ3n) is 4.89. The smallest absolute Gasteiger partial charge is 0.314 e. The molecule has 1 fully saturated rings. The van der Waals surface area contributed by atoms with Crippen LogP contribution in [0, 0.1) is 10.8 Å². The number of carbonyl (C=O) groups is 2. The minimum absolute atomic E-state index is 0.0652. The van der Waals surface area contributed by atoms with Crippen molar-refractivity contribution >= 4 is 12.0 Å². The Kier molecular flexibility index (Phi) is 6.49. The van der Waals surface area contributed by atoms with Gasteiger partial charge in [-0.3, -0.25) is 4.79 Å². The number of rotatable bonds is 9. The summed E-state index contributed by atoms with van der Waals surface area (Å²) < 4.78 is 0. The normalized spacial score (nSPS) is 16.9. The van der Waals surface area contributed by atoms with E-state index in [1.165, 1.54) is 19.3 Å². The van der Waals surface area contributed by atoms with Crippen molar-refractivity contribution in [1.29, 1.82) is 0 Å². The van der Waals surface area contributed by atoms with Crippen LogP contribution in [-0.2, 0) is 4.79 Å². The highest BCUT2D eigenvalue weighted by molar-refractivity contribution is 5.73. The van der Waals surface area contributed by atoms with Gasteiger partial charge in [0.15, 0.2) is 0 Å². The summed E-state index contributed by atoms with van der Waals surface area (Å²) in [6, 6.07) is -0.108. The number of aliphatic carboxylic acids is 1. The lowest BCUT2D eigenvalue weighted by Crippen LogP contribution is -2.45. The second-order valence-electron chi connectivity index (χ2n) is 7.12. The van der Waals surface area contributed by atoms with E-state index in [1.54, 1.807) is 0 Å². The van der Waals surface area contributed by atoms with Crippen molar-refractivity contribution in [3.8, 4) is 0 Å². The van der Waals surface area contributed by atoms with E-state index in [0.717, 1.165) is 19.4 Å². The number of urea groups is 1. The summed E-state index contributed by atoms with van der Waals surface area (Å²) in [5, 5.41) is 14.6. The number of carbonyl (C=O) groups excluding carboxylic acids is 1. The van der Waals surface area contributed by atoms with Crippen LogP contribution in [0.4, 0.5) is 4.79 Å². The summed E-state index contributed by atoms with van der Waals surface area (Å²) in [5.74, 6) is -0.765. The SMILES string of the molecule is CCC1(CNC(=O)NCCC(C)(C)CCC(=O)O)CCC1. The molecule has 0 bridgehead atoms. The van der Waals surface area contributed by atoms with Crippen LogP contribution in [-0.4, -0.2) is 30.2 Å². The molecule has 21 heavy (non-hydrogen) atoms. The van der Waals surface area contributed by atoms with Gasteiger partial charge in [-0.25, -0.2) is 4.79 Å². The van der Waals surface area contributed by atoms with Crippen LogP contribution < -0.4 is 10.6 Å².